The van der Waals surface area contributed by atoms with E-state index >= 15 is 4.39 Å². The monoisotopic (exact) mass is 614 g/mol. The van der Waals surface area contributed by atoms with Crippen LogP contribution in [0.5, 0.6) is 5.75 Å². The molecular weight excluding hydrogens is 581 g/mol. The molecule has 0 heterocycles. The summed E-state index contributed by atoms with van der Waals surface area (Å²) in [6, 6.07) is 14.9. The van der Waals surface area contributed by atoms with Crippen LogP contribution in [0.1, 0.15) is 75.3 Å². The van der Waals surface area contributed by atoms with E-state index in [0.29, 0.717) is 41.8 Å². The molecule has 0 atom stereocenters. The Balaban J connectivity index is 1.29. The largest absolute Gasteiger partial charge is 0.432 e. The van der Waals surface area contributed by atoms with Gasteiger partial charge in [-0.3, -0.25) is 0 Å². The average Bonchev–Trinajstić information content (AvgIpc) is 2.99. The molecule has 0 aliphatic heterocycles. The maximum absolute atomic E-state index is 15.2. The molecule has 1 nitrogen and oxygen atoms in total. The molecule has 232 valence electrons. The van der Waals surface area contributed by atoms with Gasteiger partial charge in [-0.15, -0.1) is 0 Å². The van der Waals surface area contributed by atoms with Crippen molar-refractivity contribution in [3.05, 3.63) is 113 Å². The summed E-state index contributed by atoms with van der Waals surface area (Å²) < 4.78 is 105. The number of ether oxygens (including phenoxy) is 1. The van der Waals surface area contributed by atoms with E-state index < -0.39 is 46.5 Å². The van der Waals surface area contributed by atoms with Crippen LogP contribution in [-0.4, -0.2) is 0 Å². The van der Waals surface area contributed by atoms with E-state index in [1.807, 2.05) is 12.1 Å². The van der Waals surface area contributed by atoms with Crippen LogP contribution < -0.4 is 4.74 Å². The van der Waals surface area contributed by atoms with Crippen LogP contribution in [0.15, 0.2) is 72.8 Å². The molecule has 8 heteroatoms. The van der Waals surface area contributed by atoms with Crippen LogP contribution in [0.2, 0.25) is 0 Å². The molecule has 4 aromatic rings. The first-order valence-corrected chi connectivity index (χ1v) is 15.0. The number of halogens is 7. The van der Waals surface area contributed by atoms with Crippen molar-refractivity contribution in [2.24, 2.45) is 5.92 Å². The molecule has 0 bridgehead atoms. The fraction of sp³-hybridized carbons (Fsp3) is 0.333. The Morgan fingerprint density at radius 3 is 1.89 bits per heavy atom. The number of rotatable bonds is 10. The highest BCUT2D eigenvalue weighted by Crippen LogP contribution is 2.40. The minimum absolute atomic E-state index is 0.185. The Bertz CT molecular complexity index is 1570. The van der Waals surface area contributed by atoms with Crippen LogP contribution in [0, 0.1) is 35.0 Å². The van der Waals surface area contributed by atoms with E-state index in [4.69, 9.17) is 0 Å². The molecule has 0 unspecified atom stereocenters. The summed E-state index contributed by atoms with van der Waals surface area (Å²) in [4.78, 5) is 0. The van der Waals surface area contributed by atoms with Crippen molar-refractivity contribution >= 4 is 0 Å². The lowest BCUT2D eigenvalue weighted by atomic mass is 9.77. The van der Waals surface area contributed by atoms with E-state index in [9.17, 15) is 26.3 Å². The molecule has 1 aliphatic carbocycles. The quantitative estimate of drug-likeness (QED) is 0.128. The maximum Gasteiger partial charge on any atom is 0.432 e. The van der Waals surface area contributed by atoms with Gasteiger partial charge in [0.1, 0.15) is 28.8 Å². The first-order valence-electron chi connectivity index (χ1n) is 15.0. The van der Waals surface area contributed by atoms with Gasteiger partial charge in [0.25, 0.3) is 0 Å². The molecular formula is C36H33F7O. The van der Waals surface area contributed by atoms with Gasteiger partial charge >= 0.3 is 6.11 Å². The molecule has 1 saturated carbocycles. The Morgan fingerprint density at radius 1 is 0.636 bits per heavy atom. The molecule has 0 N–H and O–H groups in total. The lowest BCUT2D eigenvalue weighted by molar-refractivity contribution is -0.189. The molecule has 0 spiro atoms. The minimum atomic E-state index is -4.57. The molecule has 0 amide bonds. The van der Waals surface area contributed by atoms with Crippen LogP contribution in [0.3, 0.4) is 0 Å². The van der Waals surface area contributed by atoms with Crippen molar-refractivity contribution in [3.63, 3.8) is 0 Å². The number of benzene rings is 4. The van der Waals surface area contributed by atoms with Crippen LogP contribution in [0.25, 0.3) is 22.3 Å². The normalized spacial score (nSPS) is 17.1. The maximum atomic E-state index is 15.2. The highest BCUT2D eigenvalue weighted by atomic mass is 19.3. The highest BCUT2D eigenvalue weighted by Gasteiger charge is 2.41. The number of unbranched alkanes of at least 4 members (excludes halogenated alkanes) is 2. The molecule has 0 radical (unpaired) electrons. The molecule has 5 rings (SSSR count). The van der Waals surface area contributed by atoms with E-state index in [0.717, 1.165) is 24.3 Å². The highest BCUT2D eigenvalue weighted by molar-refractivity contribution is 5.71. The zero-order chi connectivity index (χ0) is 31.4. The standard InChI is InChI=1S/C36H33F7O/c1-2-3-4-5-22-6-8-23(9-7-22)24-10-12-25(13-11-24)26-14-16-29(31(38)18-26)27-19-33(40)35(34(41)20-27)36(42,43)44-28-15-17-30(37)32(39)21-28/h10-23H,2-9H2,1H3. The predicted octanol–water partition coefficient (Wildman–Crippen LogP) is 11.7. The zero-order valence-electron chi connectivity index (χ0n) is 24.3. The second-order valence-electron chi connectivity index (χ2n) is 11.5. The summed E-state index contributed by atoms with van der Waals surface area (Å²) in [6.45, 7) is 2.22. The van der Waals surface area contributed by atoms with Crippen molar-refractivity contribution in [1.82, 2.24) is 0 Å². The van der Waals surface area contributed by atoms with Gasteiger partial charge < -0.3 is 4.74 Å². The number of hydrogen-bond acceptors (Lipinski definition) is 1. The summed E-state index contributed by atoms with van der Waals surface area (Å²) in [7, 11) is 0. The Morgan fingerprint density at radius 2 is 1.27 bits per heavy atom. The van der Waals surface area contributed by atoms with Gasteiger partial charge in [-0.05, 0) is 90.1 Å². The Labute approximate surface area is 252 Å². The fourth-order valence-corrected chi connectivity index (χ4v) is 6.09. The third kappa shape index (κ3) is 7.11. The van der Waals surface area contributed by atoms with E-state index in [-0.39, 0.29) is 11.1 Å². The lowest BCUT2D eigenvalue weighted by Crippen LogP contribution is -2.25. The van der Waals surface area contributed by atoms with Crippen molar-refractivity contribution in [2.45, 2.75) is 70.3 Å². The van der Waals surface area contributed by atoms with Gasteiger partial charge in [-0.2, -0.15) is 8.78 Å². The van der Waals surface area contributed by atoms with Gasteiger partial charge in [0, 0.05) is 11.6 Å². The van der Waals surface area contributed by atoms with E-state index in [1.54, 1.807) is 6.07 Å². The number of hydrogen-bond donors (Lipinski definition) is 0. The van der Waals surface area contributed by atoms with E-state index in [2.05, 4.69) is 23.8 Å². The molecule has 44 heavy (non-hydrogen) atoms. The summed E-state index contributed by atoms with van der Waals surface area (Å²) >= 11 is 0. The van der Waals surface area contributed by atoms with Gasteiger partial charge in [0.15, 0.2) is 11.6 Å². The van der Waals surface area contributed by atoms with Crippen LogP contribution in [0.4, 0.5) is 30.7 Å². The first-order chi connectivity index (χ1) is 21.1. The third-order valence-electron chi connectivity index (χ3n) is 8.53. The molecule has 0 aromatic heterocycles. The molecule has 1 aliphatic rings. The summed E-state index contributed by atoms with van der Waals surface area (Å²) in [5.74, 6) is -6.47. The molecule has 1 fully saturated rings. The smallest absolute Gasteiger partial charge is 0.429 e. The summed E-state index contributed by atoms with van der Waals surface area (Å²) in [6.07, 6.45) is 5.38. The van der Waals surface area contributed by atoms with Crippen LogP contribution >= 0.6 is 0 Å². The topological polar surface area (TPSA) is 9.23 Å². The SMILES string of the molecule is CCCCCC1CCC(c2ccc(-c3ccc(-c4cc(F)c(C(F)(F)Oc5ccc(F)c(F)c5)c(F)c4)c(F)c3)cc2)CC1. The zero-order valence-corrected chi connectivity index (χ0v) is 24.3. The second kappa shape index (κ2) is 13.4. The van der Waals surface area contributed by atoms with Crippen molar-refractivity contribution in [2.75, 3.05) is 0 Å². The van der Waals surface area contributed by atoms with Gasteiger partial charge in [0.05, 0.1) is 0 Å². The Kier molecular flexibility index (Phi) is 9.66. The van der Waals surface area contributed by atoms with Crippen molar-refractivity contribution < 1.29 is 35.5 Å². The average molecular weight is 615 g/mol. The fourth-order valence-electron chi connectivity index (χ4n) is 6.09. The van der Waals surface area contributed by atoms with Gasteiger partial charge in [-0.25, -0.2) is 22.0 Å². The van der Waals surface area contributed by atoms with Crippen molar-refractivity contribution in [3.8, 4) is 28.0 Å². The van der Waals surface area contributed by atoms with Crippen molar-refractivity contribution in [1.29, 1.82) is 0 Å². The van der Waals surface area contributed by atoms with Gasteiger partial charge in [-0.1, -0.05) is 69.0 Å². The Hall–Kier alpha value is -3.81. The predicted molar refractivity (Wildman–Crippen MR) is 157 cm³/mol. The molecule has 0 saturated heterocycles. The van der Waals surface area contributed by atoms with Crippen LogP contribution in [-0.2, 0) is 6.11 Å². The summed E-state index contributed by atoms with van der Waals surface area (Å²) in [5.41, 5.74) is 0.366. The minimum Gasteiger partial charge on any atom is -0.429 e. The third-order valence-corrected chi connectivity index (χ3v) is 8.53. The van der Waals surface area contributed by atoms with Gasteiger partial charge in [0.2, 0.25) is 0 Å². The lowest BCUT2D eigenvalue weighted by Gasteiger charge is -2.29. The number of alkyl halides is 2. The first kappa shape index (κ1) is 31.6. The summed E-state index contributed by atoms with van der Waals surface area (Å²) in [5, 5.41) is 0. The second-order valence-corrected chi connectivity index (χ2v) is 11.5. The van der Waals surface area contributed by atoms with E-state index in [1.165, 1.54) is 56.2 Å². The molecule has 4 aromatic carbocycles.